The van der Waals surface area contributed by atoms with Gasteiger partial charge in [0.05, 0.1) is 12.2 Å². The van der Waals surface area contributed by atoms with Crippen molar-refractivity contribution in [1.82, 2.24) is 10.3 Å². The summed E-state index contributed by atoms with van der Waals surface area (Å²) in [7, 11) is 0. The van der Waals surface area contributed by atoms with E-state index in [2.05, 4.69) is 31.7 Å². The number of hydrogen-bond acceptors (Lipinski definition) is 5. The first-order valence-corrected chi connectivity index (χ1v) is 5.96. The number of rotatable bonds is 6. The van der Waals surface area contributed by atoms with E-state index < -0.39 is 0 Å². The highest BCUT2D eigenvalue weighted by Gasteiger charge is 2.12. The lowest BCUT2D eigenvalue weighted by Crippen LogP contribution is -2.28. The highest BCUT2D eigenvalue weighted by molar-refractivity contribution is 9.10. The number of carbonyl (C=O) groups excluding carboxylic acids is 1. The number of carbonyl (C=O) groups is 1. The molecule has 0 aliphatic rings. The third-order valence-corrected chi connectivity index (χ3v) is 2.41. The molecule has 4 N–H and O–H groups in total. The SMILES string of the molecule is CCOCCNC(=O)c1cc(Br)cnc1NN. The molecule has 17 heavy (non-hydrogen) atoms. The van der Waals surface area contributed by atoms with Gasteiger partial charge in [-0.2, -0.15) is 0 Å². The molecular weight excluding hydrogens is 288 g/mol. The van der Waals surface area contributed by atoms with Gasteiger partial charge in [0.1, 0.15) is 0 Å². The number of pyridine rings is 1. The summed E-state index contributed by atoms with van der Waals surface area (Å²) >= 11 is 3.25. The fourth-order valence-electron chi connectivity index (χ4n) is 1.20. The van der Waals surface area contributed by atoms with E-state index in [-0.39, 0.29) is 5.91 Å². The summed E-state index contributed by atoms with van der Waals surface area (Å²) in [6.45, 7) is 3.46. The Hall–Kier alpha value is -1.18. The zero-order chi connectivity index (χ0) is 12.7. The molecular formula is C10H15BrN4O2. The van der Waals surface area contributed by atoms with Crippen molar-refractivity contribution in [2.24, 2.45) is 5.84 Å². The van der Waals surface area contributed by atoms with E-state index in [1.807, 2.05) is 6.92 Å². The smallest absolute Gasteiger partial charge is 0.255 e. The molecule has 0 aromatic carbocycles. The highest BCUT2D eigenvalue weighted by Crippen LogP contribution is 2.16. The number of nitrogens with two attached hydrogens (primary N) is 1. The fraction of sp³-hybridized carbons (Fsp3) is 0.400. The standard InChI is InChI=1S/C10H15BrN4O2/c1-2-17-4-3-13-10(16)8-5-7(11)6-14-9(8)15-12/h5-6H,2-4,12H2,1H3,(H,13,16)(H,14,15). The lowest BCUT2D eigenvalue weighted by Gasteiger charge is -2.09. The van der Waals surface area contributed by atoms with Crippen LogP contribution in [0.3, 0.4) is 0 Å². The molecule has 0 saturated carbocycles. The van der Waals surface area contributed by atoms with Crippen molar-refractivity contribution in [3.05, 3.63) is 22.3 Å². The molecule has 0 fully saturated rings. The van der Waals surface area contributed by atoms with Crippen LogP contribution in [0.15, 0.2) is 16.7 Å². The van der Waals surface area contributed by atoms with Gasteiger partial charge in [-0.15, -0.1) is 0 Å². The third kappa shape index (κ3) is 4.29. The number of ether oxygens (including phenoxy) is 1. The number of nitrogens with one attached hydrogen (secondary N) is 2. The van der Waals surface area contributed by atoms with Gasteiger partial charge in [0.15, 0.2) is 5.82 Å². The average Bonchev–Trinajstić information content (AvgIpc) is 2.34. The maximum absolute atomic E-state index is 11.8. The van der Waals surface area contributed by atoms with Crippen LogP contribution in [0.2, 0.25) is 0 Å². The Morgan fingerprint density at radius 1 is 1.65 bits per heavy atom. The highest BCUT2D eigenvalue weighted by atomic mass is 79.9. The normalized spacial score (nSPS) is 10.1. The molecule has 1 aromatic rings. The van der Waals surface area contributed by atoms with E-state index in [0.29, 0.717) is 35.6 Å². The van der Waals surface area contributed by atoms with Crippen molar-refractivity contribution in [2.75, 3.05) is 25.2 Å². The summed E-state index contributed by atoms with van der Waals surface area (Å²) in [5, 5.41) is 2.72. The molecule has 94 valence electrons. The minimum Gasteiger partial charge on any atom is -0.380 e. The molecule has 7 heteroatoms. The van der Waals surface area contributed by atoms with Crippen molar-refractivity contribution < 1.29 is 9.53 Å². The van der Waals surface area contributed by atoms with E-state index in [1.165, 1.54) is 0 Å². The Bertz CT molecular complexity index is 387. The van der Waals surface area contributed by atoms with Crippen LogP contribution in [-0.4, -0.2) is 30.6 Å². The number of nitrogens with zero attached hydrogens (tertiary/aromatic N) is 1. The maximum atomic E-state index is 11.8. The van der Waals surface area contributed by atoms with Gasteiger partial charge in [0.2, 0.25) is 0 Å². The minimum atomic E-state index is -0.244. The summed E-state index contributed by atoms with van der Waals surface area (Å²) in [5.41, 5.74) is 2.77. The largest absolute Gasteiger partial charge is 0.380 e. The maximum Gasteiger partial charge on any atom is 0.255 e. The van der Waals surface area contributed by atoms with Crippen LogP contribution in [0.4, 0.5) is 5.82 Å². The van der Waals surface area contributed by atoms with Gasteiger partial charge in [-0.25, -0.2) is 10.8 Å². The van der Waals surface area contributed by atoms with Crippen LogP contribution in [0.1, 0.15) is 17.3 Å². The van der Waals surface area contributed by atoms with Crippen LogP contribution < -0.4 is 16.6 Å². The molecule has 0 unspecified atom stereocenters. The molecule has 1 rings (SSSR count). The van der Waals surface area contributed by atoms with E-state index >= 15 is 0 Å². The lowest BCUT2D eigenvalue weighted by molar-refractivity contribution is 0.0923. The predicted octanol–water partition coefficient (Wildman–Crippen LogP) is 0.896. The Balaban J connectivity index is 2.64. The average molecular weight is 303 g/mol. The molecule has 0 saturated heterocycles. The molecule has 1 aromatic heterocycles. The van der Waals surface area contributed by atoms with E-state index in [4.69, 9.17) is 10.6 Å². The lowest BCUT2D eigenvalue weighted by atomic mass is 10.2. The minimum absolute atomic E-state index is 0.244. The molecule has 0 atom stereocenters. The second-order valence-electron chi connectivity index (χ2n) is 3.15. The number of hydrazine groups is 1. The predicted molar refractivity (Wildman–Crippen MR) is 68.6 cm³/mol. The summed E-state index contributed by atoms with van der Waals surface area (Å²) in [6.07, 6.45) is 1.56. The number of anilines is 1. The van der Waals surface area contributed by atoms with Gasteiger partial charge in [0.25, 0.3) is 5.91 Å². The van der Waals surface area contributed by atoms with Crippen LogP contribution in [0, 0.1) is 0 Å². The second kappa shape index (κ2) is 7.21. The summed E-state index contributed by atoms with van der Waals surface area (Å²) < 4.78 is 5.83. The third-order valence-electron chi connectivity index (χ3n) is 1.97. The van der Waals surface area contributed by atoms with Crippen molar-refractivity contribution >= 4 is 27.7 Å². The zero-order valence-corrected chi connectivity index (χ0v) is 11.1. The van der Waals surface area contributed by atoms with E-state index in [1.54, 1.807) is 12.3 Å². The molecule has 0 aliphatic heterocycles. The molecule has 1 amide bonds. The number of nitrogen functional groups attached to an aromatic ring is 1. The molecule has 0 radical (unpaired) electrons. The summed E-state index contributed by atoms with van der Waals surface area (Å²) in [6, 6.07) is 1.65. The number of hydrogen-bond donors (Lipinski definition) is 3. The molecule has 0 bridgehead atoms. The number of amides is 1. The first-order chi connectivity index (χ1) is 8.19. The quantitative estimate of drug-likeness (QED) is 0.413. The van der Waals surface area contributed by atoms with Gasteiger partial charge in [-0.05, 0) is 28.9 Å². The van der Waals surface area contributed by atoms with E-state index in [9.17, 15) is 4.79 Å². The Kier molecular flexibility index (Phi) is 5.88. The van der Waals surface area contributed by atoms with Crippen LogP contribution in [0.25, 0.3) is 0 Å². The number of aromatic nitrogens is 1. The first-order valence-electron chi connectivity index (χ1n) is 5.17. The van der Waals surface area contributed by atoms with Crippen molar-refractivity contribution in [3.63, 3.8) is 0 Å². The van der Waals surface area contributed by atoms with Gasteiger partial charge in [-0.1, -0.05) is 0 Å². The van der Waals surface area contributed by atoms with Crippen LogP contribution in [-0.2, 0) is 4.74 Å². The topological polar surface area (TPSA) is 89.3 Å². The van der Waals surface area contributed by atoms with Gasteiger partial charge in [0, 0.05) is 23.8 Å². The molecule has 1 heterocycles. The fourth-order valence-corrected chi connectivity index (χ4v) is 1.53. The summed E-state index contributed by atoms with van der Waals surface area (Å²) in [4.78, 5) is 15.8. The van der Waals surface area contributed by atoms with E-state index in [0.717, 1.165) is 0 Å². The Labute approximate surface area is 108 Å². The van der Waals surface area contributed by atoms with Crippen molar-refractivity contribution in [3.8, 4) is 0 Å². The zero-order valence-electron chi connectivity index (χ0n) is 9.50. The molecule has 0 spiro atoms. The van der Waals surface area contributed by atoms with Crippen molar-refractivity contribution in [1.29, 1.82) is 0 Å². The number of halogens is 1. The van der Waals surface area contributed by atoms with Gasteiger partial charge >= 0.3 is 0 Å². The van der Waals surface area contributed by atoms with Crippen molar-refractivity contribution in [2.45, 2.75) is 6.92 Å². The Morgan fingerprint density at radius 3 is 3.06 bits per heavy atom. The van der Waals surface area contributed by atoms with Crippen LogP contribution >= 0.6 is 15.9 Å². The Morgan fingerprint density at radius 2 is 2.41 bits per heavy atom. The van der Waals surface area contributed by atoms with Gasteiger partial charge < -0.3 is 15.5 Å². The monoisotopic (exact) mass is 302 g/mol. The first kappa shape index (κ1) is 13.9. The van der Waals surface area contributed by atoms with Crippen LogP contribution in [0.5, 0.6) is 0 Å². The molecule has 6 nitrogen and oxygen atoms in total. The van der Waals surface area contributed by atoms with Gasteiger partial charge in [-0.3, -0.25) is 4.79 Å². The second-order valence-corrected chi connectivity index (χ2v) is 4.06. The summed E-state index contributed by atoms with van der Waals surface area (Å²) in [5.74, 6) is 5.37. The molecule has 0 aliphatic carbocycles.